The molecule has 0 unspecified atom stereocenters. The Morgan fingerprint density at radius 1 is 1.00 bits per heavy atom. The van der Waals surface area contributed by atoms with Gasteiger partial charge in [-0.2, -0.15) is 0 Å². The van der Waals surface area contributed by atoms with E-state index < -0.39 is 21.9 Å². The van der Waals surface area contributed by atoms with Crippen LogP contribution in [0, 0.1) is 20.2 Å². The van der Waals surface area contributed by atoms with Crippen molar-refractivity contribution in [2.24, 2.45) is 5.73 Å². The second-order valence-electron chi connectivity index (χ2n) is 5.52. The van der Waals surface area contributed by atoms with Gasteiger partial charge in [-0.25, -0.2) is 0 Å². The third-order valence-electron chi connectivity index (χ3n) is 3.57. The number of aliphatic carboxylic acids is 1. The van der Waals surface area contributed by atoms with E-state index >= 15 is 0 Å². The lowest BCUT2D eigenvalue weighted by Gasteiger charge is -2.06. The fourth-order valence-electron chi connectivity index (χ4n) is 2.22. The molecular formula is C17H15N3O6. The maximum absolute atomic E-state index is 10.9. The Bertz CT molecular complexity index is 844. The Morgan fingerprint density at radius 3 is 1.96 bits per heavy atom. The number of nitrogens with two attached hydrogens (primary N) is 1. The minimum atomic E-state index is -1.08. The van der Waals surface area contributed by atoms with Crippen molar-refractivity contribution >= 4 is 29.5 Å². The van der Waals surface area contributed by atoms with Gasteiger partial charge in [0, 0.05) is 12.1 Å². The first-order valence-corrected chi connectivity index (χ1v) is 7.45. The molecule has 134 valence electrons. The Kier molecular flexibility index (Phi) is 5.76. The molecule has 26 heavy (non-hydrogen) atoms. The number of carbonyl (C=O) groups is 1. The Labute approximate surface area is 147 Å². The predicted octanol–water partition coefficient (Wildman–Crippen LogP) is 2.63. The number of nitro groups is 2. The van der Waals surface area contributed by atoms with Gasteiger partial charge in [0.1, 0.15) is 6.04 Å². The summed E-state index contributed by atoms with van der Waals surface area (Å²) in [5, 5.41) is 30.6. The number of nitrogens with zero attached hydrogens (tertiary/aromatic N) is 2. The van der Waals surface area contributed by atoms with Crippen LogP contribution in [-0.4, -0.2) is 27.0 Å². The standard InChI is InChI=1S/C17H15N3O6/c18-16(17(21)22)9-12-4-1-11(2-5-12)3-6-13-7-14(19(23)24)10-15(8-13)20(25)26/h1-8,10,16H,9,18H2,(H,21,22)/b6-3+/t16-/m0/s1. The molecule has 0 heterocycles. The van der Waals surface area contributed by atoms with Crippen molar-refractivity contribution in [2.75, 3.05) is 0 Å². The Hall–Kier alpha value is -3.59. The van der Waals surface area contributed by atoms with E-state index in [0.717, 1.165) is 17.2 Å². The zero-order valence-corrected chi connectivity index (χ0v) is 13.4. The summed E-state index contributed by atoms with van der Waals surface area (Å²) >= 11 is 0. The van der Waals surface area contributed by atoms with Crippen LogP contribution in [-0.2, 0) is 11.2 Å². The average molecular weight is 357 g/mol. The summed E-state index contributed by atoms with van der Waals surface area (Å²) in [6.07, 6.45) is 3.36. The first-order chi connectivity index (χ1) is 12.3. The molecule has 0 aromatic heterocycles. The van der Waals surface area contributed by atoms with Crippen molar-refractivity contribution in [3.63, 3.8) is 0 Å². The molecule has 9 heteroatoms. The highest BCUT2D eigenvalue weighted by Crippen LogP contribution is 2.24. The van der Waals surface area contributed by atoms with Gasteiger partial charge in [-0.3, -0.25) is 25.0 Å². The number of hydrogen-bond donors (Lipinski definition) is 2. The molecule has 0 fully saturated rings. The molecule has 0 aliphatic rings. The molecule has 3 N–H and O–H groups in total. The monoisotopic (exact) mass is 357 g/mol. The van der Waals surface area contributed by atoms with Crippen molar-refractivity contribution in [1.82, 2.24) is 0 Å². The predicted molar refractivity (Wildman–Crippen MR) is 94.4 cm³/mol. The number of rotatable bonds is 7. The summed E-state index contributed by atoms with van der Waals surface area (Å²) in [6.45, 7) is 0. The van der Waals surface area contributed by atoms with E-state index in [4.69, 9.17) is 10.8 Å². The normalized spacial score (nSPS) is 12.0. The van der Waals surface area contributed by atoms with Gasteiger partial charge in [0.2, 0.25) is 0 Å². The number of hydrogen-bond acceptors (Lipinski definition) is 6. The lowest BCUT2D eigenvalue weighted by atomic mass is 10.0. The van der Waals surface area contributed by atoms with Crippen LogP contribution in [0.5, 0.6) is 0 Å². The van der Waals surface area contributed by atoms with Gasteiger partial charge in [0.25, 0.3) is 11.4 Å². The molecule has 2 aromatic carbocycles. The van der Waals surface area contributed by atoms with Crippen molar-refractivity contribution in [1.29, 1.82) is 0 Å². The van der Waals surface area contributed by atoms with Crippen LogP contribution >= 0.6 is 0 Å². The summed E-state index contributed by atoms with van der Waals surface area (Å²) in [6, 6.07) is 9.29. The second-order valence-corrected chi connectivity index (χ2v) is 5.52. The summed E-state index contributed by atoms with van der Waals surface area (Å²) < 4.78 is 0. The van der Waals surface area contributed by atoms with Gasteiger partial charge in [-0.05, 0) is 23.1 Å². The highest BCUT2D eigenvalue weighted by molar-refractivity contribution is 5.74. The van der Waals surface area contributed by atoms with E-state index in [-0.39, 0.29) is 17.8 Å². The van der Waals surface area contributed by atoms with E-state index in [1.54, 1.807) is 30.3 Å². The molecule has 0 saturated heterocycles. The molecule has 0 amide bonds. The minimum absolute atomic E-state index is 0.191. The molecule has 2 rings (SSSR count). The molecule has 0 bridgehead atoms. The van der Waals surface area contributed by atoms with Crippen LogP contribution < -0.4 is 5.73 Å². The highest BCUT2D eigenvalue weighted by Gasteiger charge is 2.15. The minimum Gasteiger partial charge on any atom is -0.480 e. The molecule has 0 aliphatic heterocycles. The van der Waals surface area contributed by atoms with Crippen LogP contribution in [0.15, 0.2) is 42.5 Å². The van der Waals surface area contributed by atoms with Crippen molar-refractivity contribution in [3.8, 4) is 0 Å². The van der Waals surface area contributed by atoms with Gasteiger partial charge in [-0.1, -0.05) is 36.4 Å². The van der Waals surface area contributed by atoms with Gasteiger partial charge < -0.3 is 10.8 Å². The van der Waals surface area contributed by atoms with Crippen LogP contribution in [0.25, 0.3) is 12.2 Å². The second kappa shape index (κ2) is 7.99. The van der Waals surface area contributed by atoms with E-state index in [0.29, 0.717) is 5.56 Å². The van der Waals surface area contributed by atoms with Crippen molar-refractivity contribution < 1.29 is 19.7 Å². The van der Waals surface area contributed by atoms with Crippen LogP contribution in [0.1, 0.15) is 16.7 Å². The third kappa shape index (κ3) is 4.95. The summed E-state index contributed by atoms with van der Waals surface area (Å²) in [4.78, 5) is 31.1. The van der Waals surface area contributed by atoms with Crippen LogP contribution in [0.2, 0.25) is 0 Å². The van der Waals surface area contributed by atoms with E-state index in [1.165, 1.54) is 18.2 Å². The van der Waals surface area contributed by atoms with E-state index in [9.17, 15) is 25.0 Å². The topological polar surface area (TPSA) is 150 Å². The SMILES string of the molecule is N[C@@H](Cc1ccc(/C=C/c2cc([N+](=O)[O-])cc([N+](=O)[O-])c2)cc1)C(=O)O. The van der Waals surface area contributed by atoms with Crippen LogP contribution in [0.4, 0.5) is 11.4 Å². The molecular weight excluding hydrogens is 342 g/mol. The quantitative estimate of drug-likeness (QED) is 0.439. The first-order valence-electron chi connectivity index (χ1n) is 7.45. The lowest BCUT2D eigenvalue weighted by Crippen LogP contribution is -2.32. The lowest BCUT2D eigenvalue weighted by molar-refractivity contribution is -0.394. The number of carboxylic acids is 1. The maximum Gasteiger partial charge on any atom is 0.320 e. The zero-order chi connectivity index (χ0) is 19.3. The number of carboxylic acid groups (broad SMARTS) is 1. The number of non-ortho nitro benzene ring substituents is 2. The molecule has 9 nitrogen and oxygen atoms in total. The average Bonchev–Trinajstić information content (AvgIpc) is 2.60. The Balaban J connectivity index is 2.20. The zero-order valence-electron chi connectivity index (χ0n) is 13.4. The summed E-state index contributed by atoms with van der Waals surface area (Å²) in [5.41, 5.74) is 6.56. The van der Waals surface area contributed by atoms with Crippen molar-refractivity contribution in [3.05, 3.63) is 79.4 Å². The molecule has 2 aromatic rings. The van der Waals surface area contributed by atoms with Gasteiger partial charge in [-0.15, -0.1) is 0 Å². The largest absolute Gasteiger partial charge is 0.480 e. The molecule has 0 radical (unpaired) electrons. The number of benzene rings is 2. The maximum atomic E-state index is 10.9. The van der Waals surface area contributed by atoms with Crippen molar-refractivity contribution in [2.45, 2.75) is 12.5 Å². The van der Waals surface area contributed by atoms with Gasteiger partial charge in [0.15, 0.2) is 0 Å². The number of nitro benzene ring substituents is 2. The van der Waals surface area contributed by atoms with Gasteiger partial charge in [0.05, 0.1) is 15.9 Å². The Morgan fingerprint density at radius 2 is 1.50 bits per heavy atom. The smallest absolute Gasteiger partial charge is 0.320 e. The van der Waals surface area contributed by atoms with E-state index in [2.05, 4.69) is 0 Å². The third-order valence-corrected chi connectivity index (χ3v) is 3.57. The molecule has 1 atom stereocenters. The molecule has 0 saturated carbocycles. The summed E-state index contributed by atoms with van der Waals surface area (Å²) in [5.74, 6) is -1.08. The van der Waals surface area contributed by atoms with E-state index in [1.807, 2.05) is 0 Å². The fraction of sp³-hybridized carbons (Fsp3) is 0.118. The molecule has 0 spiro atoms. The highest BCUT2D eigenvalue weighted by atomic mass is 16.6. The summed E-state index contributed by atoms with van der Waals surface area (Å²) in [7, 11) is 0. The first kappa shape index (κ1) is 18.7. The fourth-order valence-corrected chi connectivity index (χ4v) is 2.22. The van der Waals surface area contributed by atoms with Crippen LogP contribution in [0.3, 0.4) is 0 Å². The molecule has 0 aliphatic carbocycles. The van der Waals surface area contributed by atoms with Gasteiger partial charge >= 0.3 is 5.97 Å².